The van der Waals surface area contributed by atoms with E-state index in [0.717, 1.165) is 19.6 Å². The molecule has 98 valence electrons. The van der Waals surface area contributed by atoms with Gasteiger partial charge in [0, 0.05) is 25.6 Å². The number of carbonyl (C=O) groups is 2. The average Bonchev–Trinajstić information content (AvgIpc) is 2.72. The molecule has 1 fully saturated rings. The van der Waals surface area contributed by atoms with Crippen molar-refractivity contribution in [3.8, 4) is 0 Å². The van der Waals surface area contributed by atoms with Crippen molar-refractivity contribution in [2.24, 2.45) is 5.92 Å². The molecule has 1 heterocycles. The van der Waals surface area contributed by atoms with Gasteiger partial charge in [-0.3, -0.25) is 9.59 Å². The van der Waals surface area contributed by atoms with Gasteiger partial charge in [0.1, 0.15) is 0 Å². The summed E-state index contributed by atoms with van der Waals surface area (Å²) in [4.78, 5) is 25.1. The van der Waals surface area contributed by atoms with E-state index in [0.29, 0.717) is 13.0 Å². The van der Waals surface area contributed by atoms with Crippen LogP contribution in [-0.4, -0.2) is 48.9 Å². The van der Waals surface area contributed by atoms with Crippen LogP contribution in [0.3, 0.4) is 0 Å². The van der Waals surface area contributed by atoms with Gasteiger partial charge in [0.2, 0.25) is 11.8 Å². The topological polar surface area (TPSA) is 61.4 Å². The molecular formula is C12H23N3O2. The molecular weight excluding hydrogens is 218 g/mol. The first-order valence-corrected chi connectivity index (χ1v) is 6.36. The lowest BCUT2D eigenvalue weighted by molar-refractivity contribution is -0.127. The normalized spacial score (nSPS) is 21.4. The van der Waals surface area contributed by atoms with Crippen molar-refractivity contribution in [3.63, 3.8) is 0 Å². The SMILES string of the molecule is CCN(CC)CC(C)NC(=O)C1CNC(=O)C1. The molecule has 1 saturated heterocycles. The molecule has 1 aliphatic rings. The zero-order valence-corrected chi connectivity index (χ0v) is 11.0. The maximum Gasteiger partial charge on any atom is 0.225 e. The largest absolute Gasteiger partial charge is 0.355 e. The second-order valence-electron chi connectivity index (χ2n) is 4.60. The van der Waals surface area contributed by atoms with Gasteiger partial charge in [-0.05, 0) is 20.0 Å². The van der Waals surface area contributed by atoms with E-state index in [4.69, 9.17) is 0 Å². The first kappa shape index (κ1) is 14.0. The maximum absolute atomic E-state index is 11.8. The van der Waals surface area contributed by atoms with Crippen LogP contribution in [0, 0.1) is 5.92 Å². The molecule has 17 heavy (non-hydrogen) atoms. The molecule has 2 unspecified atom stereocenters. The molecule has 0 aliphatic carbocycles. The lowest BCUT2D eigenvalue weighted by atomic mass is 10.1. The third-order valence-electron chi connectivity index (χ3n) is 3.16. The van der Waals surface area contributed by atoms with Gasteiger partial charge in [-0.25, -0.2) is 0 Å². The molecule has 1 aliphatic heterocycles. The molecule has 0 bridgehead atoms. The molecule has 0 aromatic carbocycles. The minimum atomic E-state index is -0.193. The van der Waals surface area contributed by atoms with Crippen molar-refractivity contribution in [3.05, 3.63) is 0 Å². The Hall–Kier alpha value is -1.10. The van der Waals surface area contributed by atoms with Crippen molar-refractivity contribution >= 4 is 11.8 Å². The highest BCUT2D eigenvalue weighted by atomic mass is 16.2. The Morgan fingerprint density at radius 1 is 1.53 bits per heavy atom. The van der Waals surface area contributed by atoms with Crippen molar-refractivity contribution in [2.45, 2.75) is 33.2 Å². The van der Waals surface area contributed by atoms with Crippen LogP contribution in [0.15, 0.2) is 0 Å². The molecule has 0 saturated carbocycles. The van der Waals surface area contributed by atoms with Crippen molar-refractivity contribution < 1.29 is 9.59 Å². The summed E-state index contributed by atoms with van der Waals surface area (Å²) >= 11 is 0. The number of likely N-dealkylation sites (N-methyl/N-ethyl adjacent to an activating group) is 1. The average molecular weight is 241 g/mol. The quantitative estimate of drug-likeness (QED) is 0.686. The minimum absolute atomic E-state index is 0.0111. The van der Waals surface area contributed by atoms with Gasteiger partial charge in [-0.2, -0.15) is 0 Å². The molecule has 1 rings (SSSR count). The van der Waals surface area contributed by atoms with Crippen LogP contribution in [0.4, 0.5) is 0 Å². The van der Waals surface area contributed by atoms with Gasteiger partial charge in [0.15, 0.2) is 0 Å². The number of hydrogen-bond donors (Lipinski definition) is 2. The van der Waals surface area contributed by atoms with E-state index in [1.54, 1.807) is 0 Å². The predicted molar refractivity (Wildman–Crippen MR) is 66.5 cm³/mol. The summed E-state index contributed by atoms with van der Waals surface area (Å²) in [7, 11) is 0. The smallest absolute Gasteiger partial charge is 0.225 e. The molecule has 0 spiro atoms. The van der Waals surface area contributed by atoms with E-state index < -0.39 is 0 Å². The van der Waals surface area contributed by atoms with E-state index in [2.05, 4.69) is 29.4 Å². The van der Waals surface area contributed by atoms with Gasteiger partial charge >= 0.3 is 0 Å². The van der Waals surface area contributed by atoms with Crippen molar-refractivity contribution in [1.29, 1.82) is 0 Å². The number of nitrogens with zero attached hydrogens (tertiary/aromatic N) is 1. The second kappa shape index (κ2) is 6.59. The van der Waals surface area contributed by atoms with Crippen LogP contribution in [0.2, 0.25) is 0 Å². The van der Waals surface area contributed by atoms with Crippen LogP contribution in [0.25, 0.3) is 0 Å². The number of nitrogens with one attached hydrogen (secondary N) is 2. The van der Waals surface area contributed by atoms with E-state index in [1.807, 2.05) is 6.92 Å². The van der Waals surface area contributed by atoms with E-state index in [9.17, 15) is 9.59 Å². The lowest BCUT2D eigenvalue weighted by Crippen LogP contribution is -2.44. The summed E-state index contributed by atoms with van der Waals surface area (Å²) in [5.74, 6) is -0.230. The summed E-state index contributed by atoms with van der Waals surface area (Å²) in [5.41, 5.74) is 0. The molecule has 2 atom stereocenters. The first-order chi connectivity index (χ1) is 8.06. The monoisotopic (exact) mass is 241 g/mol. The maximum atomic E-state index is 11.8. The number of hydrogen-bond acceptors (Lipinski definition) is 3. The third-order valence-corrected chi connectivity index (χ3v) is 3.16. The Morgan fingerprint density at radius 3 is 2.65 bits per heavy atom. The Kier molecular flexibility index (Phi) is 5.41. The Labute approximate surface area is 103 Å². The van der Waals surface area contributed by atoms with Gasteiger partial charge < -0.3 is 15.5 Å². The summed E-state index contributed by atoms with van der Waals surface area (Å²) in [6, 6.07) is 0.123. The molecule has 0 aromatic rings. The number of carbonyl (C=O) groups excluding carboxylic acids is 2. The molecule has 2 amide bonds. The van der Waals surface area contributed by atoms with Crippen LogP contribution in [-0.2, 0) is 9.59 Å². The Morgan fingerprint density at radius 2 is 2.18 bits per heavy atom. The summed E-state index contributed by atoms with van der Waals surface area (Å²) in [5, 5.41) is 5.65. The van der Waals surface area contributed by atoms with E-state index in [1.165, 1.54) is 0 Å². The molecule has 5 nitrogen and oxygen atoms in total. The van der Waals surface area contributed by atoms with Gasteiger partial charge in [0.05, 0.1) is 5.92 Å². The van der Waals surface area contributed by atoms with Crippen LogP contribution in [0.5, 0.6) is 0 Å². The van der Waals surface area contributed by atoms with Crippen molar-refractivity contribution in [1.82, 2.24) is 15.5 Å². The Balaban J connectivity index is 2.32. The van der Waals surface area contributed by atoms with Gasteiger partial charge in [-0.1, -0.05) is 13.8 Å². The van der Waals surface area contributed by atoms with Gasteiger partial charge in [-0.15, -0.1) is 0 Å². The van der Waals surface area contributed by atoms with Gasteiger partial charge in [0.25, 0.3) is 0 Å². The highest BCUT2D eigenvalue weighted by molar-refractivity contribution is 5.89. The zero-order chi connectivity index (χ0) is 12.8. The molecule has 2 N–H and O–H groups in total. The van der Waals surface area contributed by atoms with Crippen LogP contribution < -0.4 is 10.6 Å². The highest BCUT2D eigenvalue weighted by Crippen LogP contribution is 2.09. The summed E-state index contributed by atoms with van der Waals surface area (Å²) in [6.07, 6.45) is 0.323. The zero-order valence-electron chi connectivity index (χ0n) is 11.0. The number of rotatable bonds is 6. The fraction of sp³-hybridized carbons (Fsp3) is 0.833. The van der Waals surface area contributed by atoms with Crippen LogP contribution in [0.1, 0.15) is 27.2 Å². The predicted octanol–water partition coefficient (Wildman–Crippen LogP) is -0.0310. The number of amides is 2. The van der Waals surface area contributed by atoms with E-state index >= 15 is 0 Å². The molecule has 5 heteroatoms. The van der Waals surface area contributed by atoms with Crippen molar-refractivity contribution in [2.75, 3.05) is 26.2 Å². The minimum Gasteiger partial charge on any atom is -0.355 e. The Bertz CT molecular complexity index is 277. The fourth-order valence-corrected chi connectivity index (χ4v) is 2.07. The fourth-order valence-electron chi connectivity index (χ4n) is 2.07. The molecule has 0 aromatic heterocycles. The second-order valence-corrected chi connectivity index (χ2v) is 4.60. The summed E-state index contributed by atoms with van der Waals surface area (Å²) < 4.78 is 0. The van der Waals surface area contributed by atoms with E-state index in [-0.39, 0.29) is 23.8 Å². The standard InChI is InChI=1S/C12H23N3O2/c1-4-15(5-2)8-9(3)14-12(17)10-6-11(16)13-7-10/h9-10H,4-8H2,1-3H3,(H,13,16)(H,14,17). The highest BCUT2D eigenvalue weighted by Gasteiger charge is 2.28. The summed E-state index contributed by atoms with van der Waals surface area (Å²) in [6.45, 7) is 9.52. The first-order valence-electron chi connectivity index (χ1n) is 6.36. The molecule has 0 radical (unpaired) electrons. The van der Waals surface area contributed by atoms with Crippen LogP contribution >= 0.6 is 0 Å². The third kappa shape index (κ3) is 4.34. The lowest BCUT2D eigenvalue weighted by Gasteiger charge is -2.24.